The van der Waals surface area contributed by atoms with Crippen LogP contribution < -0.4 is 0 Å². The molecule has 0 aromatic carbocycles. The lowest BCUT2D eigenvalue weighted by atomic mass is 9.60. The van der Waals surface area contributed by atoms with Gasteiger partial charge in [0.05, 0.1) is 6.10 Å². The topological polar surface area (TPSA) is 20.2 Å². The second kappa shape index (κ2) is 2.51. The summed E-state index contributed by atoms with van der Waals surface area (Å²) in [4.78, 5) is 0. The van der Waals surface area contributed by atoms with Crippen molar-refractivity contribution in [1.29, 1.82) is 0 Å². The molecule has 1 heteroatoms. The van der Waals surface area contributed by atoms with Crippen molar-refractivity contribution >= 4 is 0 Å². The summed E-state index contributed by atoms with van der Waals surface area (Å²) in [6.45, 7) is 9.12. The molecule has 1 nitrogen and oxygen atoms in total. The molecule has 3 aliphatic rings. The highest BCUT2D eigenvalue weighted by Crippen LogP contribution is 2.77. The molecule has 0 heterocycles. The highest BCUT2D eigenvalue weighted by Gasteiger charge is 2.70. The molecule has 0 bridgehead atoms. The van der Waals surface area contributed by atoms with Gasteiger partial charge in [-0.15, -0.1) is 0 Å². The third-order valence-corrected chi connectivity index (χ3v) is 6.16. The predicted molar refractivity (Wildman–Crippen MR) is 61.5 cm³/mol. The summed E-state index contributed by atoms with van der Waals surface area (Å²) in [5.74, 6) is 0. The lowest BCUT2D eigenvalue weighted by Gasteiger charge is -2.43. The molecule has 15 heavy (non-hydrogen) atoms. The maximum Gasteiger partial charge on any atom is 0.0554 e. The Balaban J connectivity index is 2.16. The molecule has 3 aliphatic carbocycles. The van der Waals surface area contributed by atoms with Crippen molar-refractivity contribution < 1.29 is 5.11 Å². The molecule has 3 fully saturated rings. The number of rotatable bonds is 0. The minimum Gasteiger partial charge on any atom is -0.393 e. The van der Waals surface area contributed by atoms with E-state index in [-0.39, 0.29) is 11.5 Å². The second-order valence-corrected chi connectivity index (χ2v) is 6.67. The Hall–Kier alpha value is -0.300. The van der Waals surface area contributed by atoms with Crippen LogP contribution >= 0.6 is 0 Å². The van der Waals surface area contributed by atoms with E-state index in [1.807, 2.05) is 0 Å². The zero-order chi connectivity index (χ0) is 10.9. The van der Waals surface area contributed by atoms with Gasteiger partial charge in [0.25, 0.3) is 0 Å². The van der Waals surface area contributed by atoms with E-state index in [1.165, 1.54) is 31.3 Å². The average Bonchev–Trinajstić information content (AvgIpc) is 2.60. The first-order valence-corrected chi connectivity index (χ1v) is 6.30. The first kappa shape index (κ1) is 9.89. The van der Waals surface area contributed by atoms with Gasteiger partial charge in [-0.25, -0.2) is 0 Å². The monoisotopic (exact) mass is 206 g/mol. The van der Waals surface area contributed by atoms with Gasteiger partial charge in [-0.05, 0) is 48.3 Å². The van der Waals surface area contributed by atoms with Crippen LogP contribution in [0.2, 0.25) is 0 Å². The standard InChI is InChI=1S/C14H22O/c1-10-7-12(2)5-4-6-14(12)9-11(15)8-13(10,14)3/h11,15H,1,4-9H2,2-3H3/t11-,12+,13+,14-/m1/s1. The van der Waals surface area contributed by atoms with E-state index in [1.54, 1.807) is 0 Å². The van der Waals surface area contributed by atoms with Gasteiger partial charge in [0.2, 0.25) is 0 Å². The Morgan fingerprint density at radius 3 is 2.73 bits per heavy atom. The van der Waals surface area contributed by atoms with E-state index >= 15 is 0 Å². The van der Waals surface area contributed by atoms with E-state index in [0.29, 0.717) is 10.8 Å². The quantitative estimate of drug-likeness (QED) is 0.603. The molecule has 0 aromatic heterocycles. The van der Waals surface area contributed by atoms with Crippen molar-refractivity contribution in [3.05, 3.63) is 12.2 Å². The number of hydrogen-bond acceptors (Lipinski definition) is 1. The molecule has 84 valence electrons. The molecule has 1 N–H and O–H groups in total. The average molecular weight is 206 g/mol. The summed E-state index contributed by atoms with van der Waals surface area (Å²) in [5.41, 5.74) is 2.48. The van der Waals surface area contributed by atoms with Gasteiger partial charge in [0.1, 0.15) is 0 Å². The van der Waals surface area contributed by atoms with Crippen molar-refractivity contribution in [3.8, 4) is 0 Å². The molecule has 0 radical (unpaired) electrons. The fraction of sp³-hybridized carbons (Fsp3) is 0.857. The molecule has 0 saturated heterocycles. The maximum atomic E-state index is 10.0. The molecule has 0 unspecified atom stereocenters. The Morgan fingerprint density at radius 2 is 2.00 bits per heavy atom. The molecule has 3 saturated carbocycles. The van der Waals surface area contributed by atoms with Gasteiger partial charge >= 0.3 is 0 Å². The first-order valence-electron chi connectivity index (χ1n) is 6.30. The zero-order valence-electron chi connectivity index (χ0n) is 9.97. The molecular formula is C14H22O. The SMILES string of the molecule is C=C1C[C@]2(C)CCC[C@@]23C[C@H](O)C[C@@]13C. The smallest absolute Gasteiger partial charge is 0.0554 e. The maximum absolute atomic E-state index is 10.0. The summed E-state index contributed by atoms with van der Waals surface area (Å²) in [6.07, 6.45) is 7.12. The minimum atomic E-state index is -0.0792. The Labute approximate surface area is 92.6 Å². The van der Waals surface area contributed by atoms with Crippen LogP contribution in [0.25, 0.3) is 0 Å². The normalized spacial score (nSPS) is 58.3. The van der Waals surface area contributed by atoms with Crippen LogP contribution in [0.1, 0.15) is 52.4 Å². The van der Waals surface area contributed by atoms with Gasteiger partial charge in [0, 0.05) is 0 Å². The van der Waals surface area contributed by atoms with E-state index < -0.39 is 0 Å². The van der Waals surface area contributed by atoms with E-state index in [0.717, 1.165) is 12.8 Å². The molecule has 0 amide bonds. The van der Waals surface area contributed by atoms with Crippen LogP contribution in [0.3, 0.4) is 0 Å². The lowest BCUT2D eigenvalue weighted by molar-refractivity contribution is 0.0503. The minimum absolute atomic E-state index is 0.0792. The third kappa shape index (κ3) is 0.860. The number of allylic oxidation sites excluding steroid dienone is 1. The molecule has 0 aliphatic heterocycles. The van der Waals surface area contributed by atoms with Gasteiger partial charge in [-0.1, -0.05) is 32.4 Å². The van der Waals surface area contributed by atoms with Crippen LogP contribution in [0.5, 0.6) is 0 Å². The second-order valence-electron chi connectivity index (χ2n) is 6.67. The number of aliphatic hydroxyl groups is 1. The van der Waals surface area contributed by atoms with Gasteiger partial charge in [-0.2, -0.15) is 0 Å². The summed E-state index contributed by atoms with van der Waals surface area (Å²) < 4.78 is 0. The van der Waals surface area contributed by atoms with Crippen LogP contribution in [-0.2, 0) is 0 Å². The Bertz CT molecular complexity index is 334. The summed E-state index contributed by atoms with van der Waals surface area (Å²) in [6, 6.07) is 0. The largest absolute Gasteiger partial charge is 0.393 e. The fourth-order valence-electron chi connectivity index (χ4n) is 5.38. The first-order chi connectivity index (χ1) is 6.94. The van der Waals surface area contributed by atoms with Crippen molar-refractivity contribution in [1.82, 2.24) is 0 Å². The predicted octanol–water partition coefficient (Wildman–Crippen LogP) is 3.28. The van der Waals surface area contributed by atoms with Crippen LogP contribution in [0.15, 0.2) is 12.2 Å². The highest BCUT2D eigenvalue weighted by molar-refractivity contribution is 5.33. The van der Waals surface area contributed by atoms with Crippen molar-refractivity contribution in [2.24, 2.45) is 16.2 Å². The van der Waals surface area contributed by atoms with Gasteiger partial charge in [0.15, 0.2) is 0 Å². The Kier molecular flexibility index (Phi) is 1.65. The summed E-state index contributed by atoms with van der Waals surface area (Å²) in [7, 11) is 0. The van der Waals surface area contributed by atoms with E-state index in [4.69, 9.17) is 0 Å². The molecule has 4 atom stereocenters. The molecular weight excluding hydrogens is 184 g/mol. The summed E-state index contributed by atoms with van der Waals surface area (Å²) >= 11 is 0. The lowest BCUT2D eigenvalue weighted by Crippen LogP contribution is -2.37. The molecule has 3 rings (SSSR count). The van der Waals surface area contributed by atoms with Crippen LogP contribution in [-0.4, -0.2) is 11.2 Å². The Morgan fingerprint density at radius 1 is 1.27 bits per heavy atom. The third-order valence-electron chi connectivity index (χ3n) is 6.16. The van der Waals surface area contributed by atoms with Crippen molar-refractivity contribution in [3.63, 3.8) is 0 Å². The number of hydrogen-bond donors (Lipinski definition) is 1. The number of aliphatic hydroxyl groups excluding tert-OH is 1. The highest BCUT2D eigenvalue weighted by atomic mass is 16.3. The van der Waals surface area contributed by atoms with Crippen molar-refractivity contribution in [2.45, 2.75) is 58.5 Å². The molecule has 1 spiro atoms. The van der Waals surface area contributed by atoms with Crippen LogP contribution in [0.4, 0.5) is 0 Å². The fourth-order valence-corrected chi connectivity index (χ4v) is 5.38. The van der Waals surface area contributed by atoms with Gasteiger partial charge in [-0.3, -0.25) is 0 Å². The van der Waals surface area contributed by atoms with E-state index in [2.05, 4.69) is 20.4 Å². The molecule has 0 aromatic rings. The zero-order valence-corrected chi connectivity index (χ0v) is 9.97. The van der Waals surface area contributed by atoms with Gasteiger partial charge < -0.3 is 5.11 Å². The van der Waals surface area contributed by atoms with Crippen LogP contribution in [0, 0.1) is 16.2 Å². The summed E-state index contributed by atoms with van der Waals surface area (Å²) in [5, 5.41) is 10.0. The van der Waals surface area contributed by atoms with Crippen molar-refractivity contribution in [2.75, 3.05) is 0 Å². The van der Waals surface area contributed by atoms with E-state index in [9.17, 15) is 5.11 Å².